The average Bonchev–Trinajstić information content (AvgIpc) is 2.95. The van der Waals surface area contributed by atoms with Gasteiger partial charge in [-0.1, -0.05) is 6.92 Å². The monoisotopic (exact) mass is 287 g/mol. The van der Waals surface area contributed by atoms with E-state index in [1.165, 1.54) is 12.1 Å². The van der Waals surface area contributed by atoms with Crippen molar-refractivity contribution in [3.05, 3.63) is 35.3 Å². The Labute approximate surface area is 122 Å². The van der Waals surface area contributed by atoms with E-state index >= 15 is 0 Å². The fourth-order valence-electron chi connectivity index (χ4n) is 3.54. The summed E-state index contributed by atoms with van der Waals surface area (Å²) in [5, 5.41) is 11.0. The quantitative estimate of drug-likeness (QED) is 0.848. The first-order valence-electron chi connectivity index (χ1n) is 7.51. The number of ether oxygens (including phenoxy) is 1. The highest BCUT2D eigenvalue weighted by molar-refractivity contribution is 5.74. The molecule has 2 aromatic rings. The van der Waals surface area contributed by atoms with E-state index in [2.05, 4.69) is 22.4 Å². The van der Waals surface area contributed by atoms with Crippen LogP contribution in [0.1, 0.15) is 31.0 Å². The fourth-order valence-corrected chi connectivity index (χ4v) is 3.54. The van der Waals surface area contributed by atoms with Crippen molar-refractivity contribution < 1.29 is 9.13 Å². The number of nitrogens with zero attached hydrogens (tertiary/aromatic N) is 1. The molecule has 2 aliphatic rings. The van der Waals surface area contributed by atoms with Gasteiger partial charge in [0.05, 0.1) is 0 Å². The number of benzene rings is 1. The third-order valence-electron chi connectivity index (χ3n) is 4.56. The van der Waals surface area contributed by atoms with Crippen molar-refractivity contribution in [2.45, 2.75) is 31.8 Å². The second kappa shape index (κ2) is 4.56. The molecule has 0 saturated carbocycles. The second-order valence-electron chi connectivity index (χ2n) is 5.77. The molecule has 5 heteroatoms. The number of aromatic amines is 1. The van der Waals surface area contributed by atoms with Gasteiger partial charge in [0.15, 0.2) is 0 Å². The zero-order valence-electron chi connectivity index (χ0n) is 12.0. The predicted octanol–water partition coefficient (Wildman–Crippen LogP) is 2.75. The van der Waals surface area contributed by atoms with Crippen LogP contribution < -0.4 is 10.1 Å². The second-order valence-corrected chi connectivity index (χ2v) is 5.77. The Morgan fingerprint density at radius 2 is 2.14 bits per heavy atom. The lowest BCUT2D eigenvalue weighted by atomic mass is 9.79. The largest absolute Gasteiger partial charge is 0.482 e. The number of hydrogen-bond acceptors (Lipinski definition) is 3. The molecule has 2 N–H and O–H groups in total. The normalized spacial score (nSPS) is 19.0. The molecule has 110 valence electrons. The van der Waals surface area contributed by atoms with Gasteiger partial charge >= 0.3 is 0 Å². The highest BCUT2D eigenvalue weighted by atomic mass is 19.1. The van der Waals surface area contributed by atoms with Crippen molar-refractivity contribution in [2.24, 2.45) is 0 Å². The number of nitrogens with one attached hydrogen (secondary N) is 2. The van der Waals surface area contributed by atoms with E-state index < -0.39 is 0 Å². The SMILES string of the molecule is CCc1[nH]nc2c1C1(CCNCC1)Oc1ccc(F)cc1-2. The molecule has 1 aromatic carbocycles. The van der Waals surface area contributed by atoms with Gasteiger partial charge in [-0.2, -0.15) is 5.10 Å². The number of H-pyrrole nitrogens is 1. The minimum atomic E-state index is -0.330. The van der Waals surface area contributed by atoms with E-state index in [1.54, 1.807) is 6.07 Å². The number of hydrogen-bond donors (Lipinski definition) is 2. The summed E-state index contributed by atoms with van der Waals surface area (Å²) in [4.78, 5) is 0. The minimum absolute atomic E-state index is 0.259. The Morgan fingerprint density at radius 1 is 1.33 bits per heavy atom. The molecule has 0 bridgehead atoms. The molecule has 0 radical (unpaired) electrons. The lowest BCUT2D eigenvalue weighted by Crippen LogP contribution is -2.45. The average molecular weight is 287 g/mol. The Kier molecular flexibility index (Phi) is 2.79. The molecule has 1 aromatic heterocycles. The van der Waals surface area contributed by atoms with Crippen LogP contribution in [0.4, 0.5) is 4.39 Å². The van der Waals surface area contributed by atoms with Crippen molar-refractivity contribution in [1.29, 1.82) is 0 Å². The minimum Gasteiger partial charge on any atom is -0.482 e. The van der Waals surface area contributed by atoms with Crippen LogP contribution in [0.3, 0.4) is 0 Å². The molecular formula is C16H18FN3O. The van der Waals surface area contributed by atoms with E-state index in [0.29, 0.717) is 0 Å². The number of rotatable bonds is 1. The van der Waals surface area contributed by atoms with Crippen LogP contribution in [0, 0.1) is 5.82 Å². The van der Waals surface area contributed by atoms with Crippen molar-refractivity contribution in [3.8, 4) is 17.0 Å². The van der Waals surface area contributed by atoms with Crippen LogP contribution in [0.2, 0.25) is 0 Å². The molecule has 0 unspecified atom stereocenters. The Hall–Kier alpha value is -1.88. The van der Waals surface area contributed by atoms with Crippen molar-refractivity contribution in [3.63, 3.8) is 0 Å². The molecule has 1 spiro atoms. The molecule has 0 amide bonds. The highest BCUT2D eigenvalue weighted by Gasteiger charge is 2.45. The number of aromatic nitrogens is 2. The molecule has 3 heterocycles. The van der Waals surface area contributed by atoms with Crippen LogP contribution in [-0.4, -0.2) is 23.3 Å². The summed E-state index contributed by atoms with van der Waals surface area (Å²) in [5.41, 5.74) is 3.51. The number of halogens is 1. The molecule has 4 rings (SSSR count). The van der Waals surface area contributed by atoms with E-state index in [9.17, 15) is 4.39 Å². The lowest BCUT2D eigenvalue weighted by molar-refractivity contribution is 0.0299. The van der Waals surface area contributed by atoms with Gasteiger partial charge in [-0.05, 0) is 37.7 Å². The van der Waals surface area contributed by atoms with Gasteiger partial charge in [-0.3, -0.25) is 5.10 Å². The van der Waals surface area contributed by atoms with Gasteiger partial charge in [0.1, 0.15) is 22.9 Å². The van der Waals surface area contributed by atoms with Gasteiger partial charge in [-0.25, -0.2) is 4.39 Å². The summed E-state index contributed by atoms with van der Waals surface area (Å²) in [6, 6.07) is 4.69. The maximum atomic E-state index is 13.6. The van der Waals surface area contributed by atoms with Crippen LogP contribution in [0.25, 0.3) is 11.3 Å². The van der Waals surface area contributed by atoms with Gasteiger partial charge in [0.25, 0.3) is 0 Å². The summed E-state index contributed by atoms with van der Waals surface area (Å²) >= 11 is 0. The summed E-state index contributed by atoms with van der Waals surface area (Å²) in [6.07, 6.45) is 2.68. The maximum Gasteiger partial charge on any atom is 0.140 e. The molecule has 1 fully saturated rings. The Balaban J connectivity index is 1.95. The molecule has 0 atom stereocenters. The Morgan fingerprint density at radius 3 is 2.90 bits per heavy atom. The first-order chi connectivity index (χ1) is 10.2. The lowest BCUT2D eigenvalue weighted by Gasteiger charge is -2.41. The molecular weight excluding hydrogens is 269 g/mol. The molecule has 21 heavy (non-hydrogen) atoms. The highest BCUT2D eigenvalue weighted by Crippen LogP contribution is 2.49. The molecule has 2 aliphatic heterocycles. The van der Waals surface area contributed by atoms with E-state index in [4.69, 9.17) is 4.74 Å². The third-order valence-corrected chi connectivity index (χ3v) is 4.56. The van der Waals surface area contributed by atoms with Crippen molar-refractivity contribution in [1.82, 2.24) is 15.5 Å². The standard InChI is InChI=1S/C16H18FN3O/c1-2-12-14-15(20-19-12)11-9-10(17)3-4-13(11)21-16(14)5-7-18-8-6-16/h3-4,9,18H,2,5-8H2,1H3,(H,19,20). The zero-order valence-corrected chi connectivity index (χ0v) is 12.0. The summed E-state index contributed by atoms with van der Waals surface area (Å²) in [6.45, 7) is 3.94. The van der Waals surface area contributed by atoms with Crippen molar-refractivity contribution in [2.75, 3.05) is 13.1 Å². The number of aryl methyl sites for hydroxylation is 1. The van der Waals surface area contributed by atoms with Gasteiger partial charge in [-0.15, -0.1) is 0 Å². The molecule has 1 saturated heterocycles. The van der Waals surface area contributed by atoms with E-state index in [1.807, 2.05) is 0 Å². The van der Waals surface area contributed by atoms with Crippen LogP contribution in [-0.2, 0) is 12.0 Å². The fraction of sp³-hybridized carbons (Fsp3) is 0.438. The van der Waals surface area contributed by atoms with Gasteiger partial charge in [0, 0.05) is 29.7 Å². The molecule has 0 aliphatic carbocycles. The van der Waals surface area contributed by atoms with E-state index in [0.717, 1.165) is 60.6 Å². The van der Waals surface area contributed by atoms with Crippen molar-refractivity contribution >= 4 is 0 Å². The number of fused-ring (bicyclic) bond motifs is 4. The summed E-state index contributed by atoms with van der Waals surface area (Å²) in [5.74, 6) is 0.477. The first kappa shape index (κ1) is 12.8. The predicted molar refractivity (Wildman–Crippen MR) is 77.8 cm³/mol. The first-order valence-corrected chi connectivity index (χ1v) is 7.51. The number of piperidine rings is 1. The van der Waals surface area contributed by atoms with Gasteiger partial charge < -0.3 is 10.1 Å². The van der Waals surface area contributed by atoms with Crippen LogP contribution in [0.15, 0.2) is 18.2 Å². The summed E-state index contributed by atoms with van der Waals surface area (Å²) < 4.78 is 20.0. The maximum absolute atomic E-state index is 13.6. The third kappa shape index (κ3) is 1.80. The Bertz CT molecular complexity index is 689. The summed E-state index contributed by atoms with van der Waals surface area (Å²) in [7, 11) is 0. The topological polar surface area (TPSA) is 49.9 Å². The van der Waals surface area contributed by atoms with E-state index in [-0.39, 0.29) is 11.4 Å². The van der Waals surface area contributed by atoms with Gasteiger partial charge in [0.2, 0.25) is 0 Å². The van der Waals surface area contributed by atoms with Crippen LogP contribution in [0.5, 0.6) is 5.75 Å². The smallest absolute Gasteiger partial charge is 0.140 e. The van der Waals surface area contributed by atoms with Crippen LogP contribution >= 0.6 is 0 Å². The zero-order chi connectivity index (χ0) is 14.4. The molecule has 4 nitrogen and oxygen atoms in total.